The third kappa shape index (κ3) is 4.94. The van der Waals surface area contributed by atoms with E-state index in [0.29, 0.717) is 32.1 Å². The number of rotatable bonds is 9. The van der Waals surface area contributed by atoms with E-state index in [0.717, 1.165) is 0 Å². The molecule has 0 aliphatic rings. The number of unbranched alkanes of at least 4 members (excludes halogenated alkanes) is 1. The van der Waals surface area contributed by atoms with Crippen LogP contribution in [0.5, 0.6) is 0 Å². The molecular formula is C15H24O4. The Kier molecular flexibility index (Phi) is 8.69. The van der Waals surface area contributed by atoms with Gasteiger partial charge in [-0.25, -0.2) is 0 Å². The molecule has 0 aliphatic carbocycles. The number of carbonyl (C=O) groups excluding carboxylic acids is 2. The van der Waals surface area contributed by atoms with Crippen molar-refractivity contribution in [2.24, 2.45) is 5.41 Å². The highest BCUT2D eigenvalue weighted by Gasteiger charge is 2.47. The average Bonchev–Trinajstić information content (AvgIpc) is 2.38. The highest BCUT2D eigenvalue weighted by molar-refractivity contribution is 6.00. The zero-order valence-corrected chi connectivity index (χ0v) is 12.2. The molecule has 0 spiro atoms. The van der Waals surface area contributed by atoms with E-state index in [1.165, 1.54) is 0 Å². The van der Waals surface area contributed by atoms with Crippen molar-refractivity contribution in [3.8, 4) is 12.3 Å². The van der Waals surface area contributed by atoms with Gasteiger partial charge < -0.3 is 9.47 Å². The van der Waals surface area contributed by atoms with Crippen LogP contribution in [0.4, 0.5) is 0 Å². The van der Waals surface area contributed by atoms with E-state index in [1.54, 1.807) is 13.8 Å². The number of terminal acetylenes is 1. The maximum atomic E-state index is 12.2. The van der Waals surface area contributed by atoms with Crippen LogP contribution in [0.15, 0.2) is 0 Å². The van der Waals surface area contributed by atoms with Crippen LogP contribution in [0.1, 0.15) is 52.9 Å². The fourth-order valence-electron chi connectivity index (χ4n) is 2.07. The predicted octanol–water partition coefficient (Wildman–Crippen LogP) is 2.70. The van der Waals surface area contributed by atoms with Gasteiger partial charge in [0, 0.05) is 6.42 Å². The molecule has 0 saturated carbocycles. The van der Waals surface area contributed by atoms with Crippen molar-refractivity contribution in [2.45, 2.75) is 52.9 Å². The Morgan fingerprint density at radius 3 is 1.95 bits per heavy atom. The van der Waals surface area contributed by atoms with Gasteiger partial charge in [-0.15, -0.1) is 12.3 Å². The summed E-state index contributed by atoms with van der Waals surface area (Å²) in [4.78, 5) is 24.4. The molecule has 0 N–H and O–H groups in total. The molecule has 19 heavy (non-hydrogen) atoms. The molecule has 108 valence electrons. The largest absolute Gasteiger partial charge is 0.465 e. The molecule has 0 rings (SSSR count). The first-order valence-electron chi connectivity index (χ1n) is 6.86. The van der Waals surface area contributed by atoms with Crippen molar-refractivity contribution in [3.05, 3.63) is 0 Å². The number of esters is 2. The van der Waals surface area contributed by atoms with Crippen molar-refractivity contribution >= 4 is 11.9 Å². The summed E-state index contributed by atoms with van der Waals surface area (Å²) in [6, 6.07) is 0. The minimum Gasteiger partial charge on any atom is -0.465 e. The van der Waals surface area contributed by atoms with Gasteiger partial charge in [0.05, 0.1) is 13.2 Å². The summed E-state index contributed by atoms with van der Waals surface area (Å²) in [5.74, 6) is 1.53. The Bertz CT molecular complexity index is 310. The fourth-order valence-corrected chi connectivity index (χ4v) is 2.07. The molecule has 4 heteroatoms. The SMILES string of the molecule is C#CCCCC(CCC)(C(=O)OCC)C(=O)OCC. The van der Waals surface area contributed by atoms with Gasteiger partial charge in [-0.05, 0) is 33.1 Å². The second-order valence-corrected chi connectivity index (χ2v) is 4.33. The highest BCUT2D eigenvalue weighted by atomic mass is 16.6. The zero-order valence-electron chi connectivity index (χ0n) is 12.2. The summed E-state index contributed by atoms with van der Waals surface area (Å²) in [5.41, 5.74) is -1.20. The van der Waals surface area contributed by atoms with E-state index >= 15 is 0 Å². The summed E-state index contributed by atoms with van der Waals surface area (Å²) in [6.45, 7) is 5.87. The number of ether oxygens (including phenoxy) is 2. The second kappa shape index (κ2) is 9.43. The summed E-state index contributed by atoms with van der Waals surface area (Å²) in [7, 11) is 0. The fraction of sp³-hybridized carbons (Fsp3) is 0.733. The van der Waals surface area contributed by atoms with Crippen molar-refractivity contribution in [3.63, 3.8) is 0 Å². The standard InChI is InChI=1S/C15H24O4/c1-5-9-10-12-15(11-6-2,13(16)18-7-3)14(17)19-8-4/h1H,6-12H2,2-4H3. The van der Waals surface area contributed by atoms with E-state index in [2.05, 4.69) is 5.92 Å². The molecule has 0 radical (unpaired) electrons. The Morgan fingerprint density at radius 1 is 1.05 bits per heavy atom. The minimum atomic E-state index is -1.20. The molecular weight excluding hydrogens is 244 g/mol. The van der Waals surface area contributed by atoms with Gasteiger partial charge in [-0.2, -0.15) is 0 Å². The smallest absolute Gasteiger partial charge is 0.323 e. The van der Waals surface area contributed by atoms with E-state index in [1.807, 2.05) is 6.92 Å². The topological polar surface area (TPSA) is 52.6 Å². The van der Waals surface area contributed by atoms with E-state index in [9.17, 15) is 9.59 Å². The highest BCUT2D eigenvalue weighted by Crippen LogP contribution is 2.34. The molecule has 0 atom stereocenters. The molecule has 0 bridgehead atoms. The number of hydrogen-bond acceptors (Lipinski definition) is 4. The summed E-state index contributed by atoms with van der Waals surface area (Å²) in [6.07, 6.45) is 7.86. The number of carbonyl (C=O) groups is 2. The van der Waals surface area contributed by atoms with Crippen LogP contribution in [-0.4, -0.2) is 25.2 Å². The van der Waals surface area contributed by atoms with E-state index in [4.69, 9.17) is 15.9 Å². The Hall–Kier alpha value is -1.50. The molecule has 0 aromatic heterocycles. The van der Waals surface area contributed by atoms with Crippen LogP contribution in [0, 0.1) is 17.8 Å². The quantitative estimate of drug-likeness (QED) is 0.279. The monoisotopic (exact) mass is 268 g/mol. The van der Waals surface area contributed by atoms with Gasteiger partial charge in [-0.3, -0.25) is 9.59 Å². The Balaban J connectivity index is 5.15. The molecule has 0 amide bonds. The van der Waals surface area contributed by atoms with Crippen LogP contribution >= 0.6 is 0 Å². The van der Waals surface area contributed by atoms with Crippen LogP contribution < -0.4 is 0 Å². The van der Waals surface area contributed by atoms with Crippen LogP contribution in [-0.2, 0) is 19.1 Å². The first kappa shape index (κ1) is 17.5. The van der Waals surface area contributed by atoms with Crippen LogP contribution in [0.2, 0.25) is 0 Å². The zero-order chi connectivity index (χ0) is 14.7. The van der Waals surface area contributed by atoms with Crippen molar-refractivity contribution < 1.29 is 19.1 Å². The van der Waals surface area contributed by atoms with Gasteiger partial charge in [0.25, 0.3) is 0 Å². The van der Waals surface area contributed by atoms with Crippen LogP contribution in [0.25, 0.3) is 0 Å². The maximum Gasteiger partial charge on any atom is 0.323 e. The molecule has 0 fully saturated rings. The molecule has 0 unspecified atom stereocenters. The normalized spacial score (nSPS) is 10.6. The van der Waals surface area contributed by atoms with Gasteiger partial charge in [0.1, 0.15) is 0 Å². The lowest BCUT2D eigenvalue weighted by atomic mass is 9.78. The first-order valence-corrected chi connectivity index (χ1v) is 6.86. The van der Waals surface area contributed by atoms with Gasteiger partial charge in [0.2, 0.25) is 0 Å². The van der Waals surface area contributed by atoms with E-state index in [-0.39, 0.29) is 13.2 Å². The molecule has 0 heterocycles. The third-order valence-corrected chi connectivity index (χ3v) is 2.93. The molecule has 0 saturated heterocycles. The summed E-state index contributed by atoms with van der Waals surface area (Å²) < 4.78 is 10.1. The number of hydrogen-bond donors (Lipinski definition) is 0. The third-order valence-electron chi connectivity index (χ3n) is 2.93. The lowest BCUT2D eigenvalue weighted by Crippen LogP contribution is -2.42. The Labute approximate surface area is 115 Å². The Morgan fingerprint density at radius 2 is 1.58 bits per heavy atom. The lowest BCUT2D eigenvalue weighted by molar-refractivity contribution is -0.173. The van der Waals surface area contributed by atoms with Gasteiger partial charge in [0.15, 0.2) is 5.41 Å². The summed E-state index contributed by atoms with van der Waals surface area (Å²) >= 11 is 0. The molecule has 0 aromatic carbocycles. The van der Waals surface area contributed by atoms with Crippen molar-refractivity contribution in [1.29, 1.82) is 0 Å². The van der Waals surface area contributed by atoms with E-state index < -0.39 is 17.4 Å². The predicted molar refractivity (Wildman–Crippen MR) is 73.3 cm³/mol. The second-order valence-electron chi connectivity index (χ2n) is 4.33. The first-order chi connectivity index (χ1) is 9.08. The minimum absolute atomic E-state index is 0.249. The molecule has 0 aliphatic heterocycles. The maximum absolute atomic E-state index is 12.2. The van der Waals surface area contributed by atoms with Crippen molar-refractivity contribution in [2.75, 3.05) is 13.2 Å². The molecule has 0 aromatic rings. The lowest BCUT2D eigenvalue weighted by Gasteiger charge is -2.28. The average molecular weight is 268 g/mol. The summed E-state index contributed by atoms with van der Waals surface area (Å²) in [5, 5.41) is 0. The van der Waals surface area contributed by atoms with Crippen molar-refractivity contribution in [1.82, 2.24) is 0 Å². The molecule has 4 nitrogen and oxygen atoms in total. The van der Waals surface area contributed by atoms with Crippen LogP contribution in [0.3, 0.4) is 0 Å². The van der Waals surface area contributed by atoms with Gasteiger partial charge in [-0.1, -0.05) is 13.3 Å². The van der Waals surface area contributed by atoms with Gasteiger partial charge >= 0.3 is 11.9 Å².